The highest BCUT2D eigenvalue weighted by Gasteiger charge is 2.11. The monoisotopic (exact) mass is 261 g/mol. The highest BCUT2D eigenvalue weighted by Crippen LogP contribution is 2.20. The van der Waals surface area contributed by atoms with Gasteiger partial charge in [0.05, 0.1) is 16.5 Å². The van der Waals surface area contributed by atoms with Crippen molar-refractivity contribution < 1.29 is 13.2 Å². The number of sulfone groups is 1. The van der Waals surface area contributed by atoms with Crippen LogP contribution in [0.4, 0.5) is 5.69 Å². The summed E-state index contributed by atoms with van der Waals surface area (Å²) >= 11 is 5.75. The van der Waals surface area contributed by atoms with Gasteiger partial charge in [0.15, 0.2) is 5.78 Å². The molecule has 1 rings (SSSR count). The molecule has 0 saturated carbocycles. The van der Waals surface area contributed by atoms with Crippen LogP contribution in [0.25, 0.3) is 0 Å². The number of ketones is 1. The van der Waals surface area contributed by atoms with Gasteiger partial charge in [0.1, 0.15) is 9.84 Å². The Balaban J connectivity index is 2.78. The molecule has 0 aliphatic heterocycles. The number of hydrogen-bond acceptors (Lipinski definition) is 4. The van der Waals surface area contributed by atoms with Crippen LogP contribution in [-0.4, -0.2) is 26.2 Å². The van der Waals surface area contributed by atoms with Gasteiger partial charge in [0.25, 0.3) is 0 Å². The lowest BCUT2D eigenvalue weighted by molar-refractivity contribution is 0.0989. The number of hydrogen-bond donors (Lipinski definition) is 1. The van der Waals surface area contributed by atoms with E-state index in [0.717, 1.165) is 6.26 Å². The molecular formula is C10H12ClNO3S. The molecule has 0 aliphatic rings. The zero-order valence-corrected chi connectivity index (χ0v) is 10.3. The van der Waals surface area contributed by atoms with Crippen LogP contribution in [0.15, 0.2) is 18.2 Å². The zero-order chi connectivity index (χ0) is 12.3. The van der Waals surface area contributed by atoms with E-state index in [2.05, 4.69) is 0 Å². The Morgan fingerprint density at radius 1 is 1.44 bits per heavy atom. The highest BCUT2D eigenvalue weighted by molar-refractivity contribution is 7.90. The molecule has 0 unspecified atom stereocenters. The standard InChI is InChI=1S/C10H12ClNO3S/c1-16(14,15)5-4-10(13)7-2-3-9(12)8(11)6-7/h2-3,6H,4-5,12H2,1H3. The molecule has 0 saturated heterocycles. The van der Waals surface area contributed by atoms with Crippen LogP contribution in [0.3, 0.4) is 0 Å². The number of rotatable bonds is 4. The molecule has 1 aromatic rings. The molecule has 0 fully saturated rings. The summed E-state index contributed by atoms with van der Waals surface area (Å²) in [6.07, 6.45) is 1.05. The van der Waals surface area contributed by atoms with E-state index in [4.69, 9.17) is 17.3 Å². The van der Waals surface area contributed by atoms with Gasteiger partial charge in [-0.15, -0.1) is 0 Å². The van der Waals surface area contributed by atoms with Crippen molar-refractivity contribution in [3.63, 3.8) is 0 Å². The average Bonchev–Trinajstić information content (AvgIpc) is 2.17. The molecule has 1 aromatic carbocycles. The summed E-state index contributed by atoms with van der Waals surface area (Å²) < 4.78 is 21.8. The lowest BCUT2D eigenvalue weighted by atomic mass is 10.1. The van der Waals surface area contributed by atoms with Crippen molar-refractivity contribution in [3.8, 4) is 0 Å². The molecular weight excluding hydrogens is 250 g/mol. The van der Waals surface area contributed by atoms with Gasteiger partial charge in [0.2, 0.25) is 0 Å². The van der Waals surface area contributed by atoms with Gasteiger partial charge in [0, 0.05) is 18.2 Å². The number of Topliss-reactive ketones (excluding diaryl/α,β-unsaturated/α-hetero) is 1. The highest BCUT2D eigenvalue weighted by atomic mass is 35.5. The van der Waals surface area contributed by atoms with E-state index in [-0.39, 0.29) is 18.0 Å². The number of nitrogen functional groups attached to an aromatic ring is 1. The first-order valence-electron chi connectivity index (χ1n) is 4.55. The van der Waals surface area contributed by atoms with Gasteiger partial charge in [-0.2, -0.15) is 0 Å². The molecule has 0 aliphatic carbocycles. The van der Waals surface area contributed by atoms with Crippen LogP contribution in [0, 0.1) is 0 Å². The molecule has 0 aromatic heterocycles. The van der Waals surface area contributed by atoms with Gasteiger partial charge in [-0.05, 0) is 18.2 Å². The normalized spacial score (nSPS) is 11.4. The van der Waals surface area contributed by atoms with E-state index in [1.165, 1.54) is 18.2 Å². The molecule has 0 atom stereocenters. The number of benzene rings is 1. The zero-order valence-electron chi connectivity index (χ0n) is 8.73. The summed E-state index contributed by atoms with van der Waals surface area (Å²) in [4.78, 5) is 11.6. The molecule has 0 heterocycles. The number of halogens is 1. The van der Waals surface area contributed by atoms with E-state index in [1.54, 1.807) is 0 Å². The fourth-order valence-electron chi connectivity index (χ4n) is 1.12. The number of anilines is 1. The molecule has 88 valence electrons. The van der Waals surface area contributed by atoms with Crippen molar-refractivity contribution in [2.75, 3.05) is 17.7 Å². The molecule has 16 heavy (non-hydrogen) atoms. The molecule has 0 bridgehead atoms. The molecule has 0 radical (unpaired) electrons. The van der Waals surface area contributed by atoms with E-state index >= 15 is 0 Å². The second kappa shape index (κ2) is 4.84. The van der Waals surface area contributed by atoms with Crippen LogP contribution >= 0.6 is 11.6 Å². The third-order valence-corrected chi connectivity index (χ3v) is 3.30. The summed E-state index contributed by atoms with van der Waals surface area (Å²) in [5.41, 5.74) is 6.26. The lowest BCUT2D eigenvalue weighted by Crippen LogP contribution is -2.09. The maximum atomic E-state index is 11.6. The summed E-state index contributed by atoms with van der Waals surface area (Å²) in [5, 5.41) is 0.296. The lowest BCUT2D eigenvalue weighted by Gasteiger charge is -2.02. The fraction of sp³-hybridized carbons (Fsp3) is 0.300. The quantitative estimate of drug-likeness (QED) is 0.659. The van der Waals surface area contributed by atoms with Gasteiger partial charge in [-0.1, -0.05) is 11.6 Å². The molecule has 0 spiro atoms. The number of carbonyl (C=O) groups is 1. The first kappa shape index (κ1) is 13.0. The summed E-state index contributed by atoms with van der Waals surface area (Å²) in [7, 11) is -3.12. The Hall–Kier alpha value is -1.07. The van der Waals surface area contributed by atoms with Crippen LogP contribution in [0.5, 0.6) is 0 Å². The first-order chi connectivity index (χ1) is 7.29. The summed E-state index contributed by atoms with van der Waals surface area (Å²) in [5.74, 6) is -0.416. The topological polar surface area (TPSA) is 77.2 Å². The van der Waals surface area contributed by atoms with Gasteiger partial charge < -0.3 is 5.73 Å². The number of carbonyl (C=O) groups excluding carboxylic acids is 1. The van der Waals surface area contributed by atoms with E-state index in [1.807, 2.05) is 0 Å². The van der Waals surface area contributed by atoms with Gasteiger partial charge in [-0.25, -0.2) is 8.42 Å². The minimum absolute atomic E-state index is 0.0426. The summed E-state index contributed by atoms with van der Waals surface area (Å²) in [6.45, 7) is 0. The predicted octanol–water partition coefficient (Wildman–Crippen LogP) is 1.54. The van der Waals surface area contributed by atoms with Crippen LogP contribution in [-0.2, 0) is 9.84 Å². The second-order valence-electron chi connectivity index (χ2n) is 3.54. The van der Waals surface area contributed by atoms with Crippen molar-refractivity contribution >= 4 is 32.9 Å². The summed E-state index contributed by atoms with van der Waals surface area (Å²) in [6, 6.07) is 4.50. The largest absolute Gasteiger partial charge is 0.398 e. The number of nitrogens with two attached hydrogens (primary N) is 1. The van der Waals surface area contributed by atoms with E-state index < -0.39 is 9.84 Å². The van der Waals surface area contributed by atoms with Crippen LogP contribution in [0.1, 0.15) is 16.8 Å². The fourth-order valence-corrected chi connectivity index (χ4v) is 1.86. The molecule has 4 nitrogen and oxygen atoms in total. The Labute approximate surface area is 99.3 Å². The Kier molecular flexibility index (Phi) is 3.93. The Morgan fingerprint density at radius 2 is 2.06 bits per heavy atom. The predicted molar refractivity (Wildman–Crippen MR) is 64.5 cm³/mol. The van der Waals surface area contributed by atoms with Gasteiger partial charge >= 0.3 is 0 Å². The van der Waals surface area contributed by atoms with Crippen LogP contribution < -0.4 is 5.73 Å². The minimum Gasteiger partial charge on any atom is -0.398 e. The van der Waals surface area contributed by atoms with E-state index in [0.29, 0.717) is 16.3 Å². The minimum atomic E-state index is -3.12. The van der Waals surface area contributed by atoms with Crippen molar-refractivity contribution in [2.45, 2.75) is 6.42 Å². The molecule has 6 heteroatoms. The molecule has 0 amide bonds. The first-order valence-corrected chi connectivity index (χ1v) is 6.99. The maximum Gasteiger partial charge on any atom is 0.163 e. The third kappa shape index (κ3) is 3.83. The Bertz CT molecular complexity index is 511. The maximum absolute atomic E-state index is 11.6. The smallest absolute Gasteiger partial charge is 0.163 e. The van der Waals surface area contributed by atoms with Crippen molar-refractivity contribution in [3.05, 3.63) is 28.8 Å². The third-order valence-electron chi connectivity index (χ3n) is 2.02. The van der Waals surface area contributed by atoms with Gasteiger partial charge in [-0.3, -0.25) is 4.79 Å². The average molecular weight is 262 g/mol. The van der Waals surface area contributed by atoms with Crippen molar-refractivity contribution in [1.29, 1.82) is 0 Å². The molecule has 2 N–H and O–H groups in total. The van der Waals surface area contributed by atoms with Crippen LogP contribution in [0.2, 0.25) is 5.02 Å². The SMILES string of the molecule is CS(=O)(=O)CCC(=O)c1ccc(N)c(Cl)c1. The van der Waals surface area contributed by atoms with Crippen molar-refractivity contribution in [1.82, 2.24) is 0 Å². The van der Waals surface area contributed by atoms with Crippen molar-refractivity contribution in [2.24, 2.45) is 0 Å². The second-order valence-corrected chi connectivity index (χ2v) is 6.21. The Morgan fingerprint density at radius 3 is 2.56 bits per heavy atom. The van der Waals surface area contributed by atoms with E-state index in [9.17, 15) is 13.2 Å².